The first-order valence-electron chi connectivity index (χ1n) is 7.83. The molecule has 0 aliphatic carbocycles. The molecule has 0 spiro atoms. The van der Waals surface area contributed by atoms with Gasteiger partial charge in [-0.3, -0.25) is 10.1 Å². The Morgan fingerprint density at radius 3 is 2.81 bits per heavy atom. The highest BCUT2D eigenvalue weighted by atomic mass is 35.5. The van der Waals surface area contributed by atoms with Crippen LogP contribution in [0.1, 0.15) is 20.2 Å². The molecule has 0 aliphatic heterocycles. The number of carbonyl (C=O) groups is 1. The molecule has 0 fully saturated rings. The molecule has 0 unspecified atom stereocenters. The molecule has 0 atom stereocenters. The van der Waals surface area contributed by atoms with Crippen LogP contribution in [0, 0.1) is 18.3 Å². The van der Waals surface area contributed by atoms with Crippen molar-refractivity contribution in [3.63, 3.8) is 0 Å². The summed E-state index contributed by atoms with van der Waals surface area (Å²) in [6.07, 6.45) is 3.81. The van der Waals surface area contributed by atoms with E-state index in [4.69, 9.17) is 23.2 Å². The highest BCUT2D eigenvalue weighted by Crippen LogP contribution is 2.27. The van der Waals surface area contributed by atoms with Crippen LogP contribution < -0.4 is 5.32 Å². The van der Waals surface area contributed by atoms with Crippen molar-refractivity contribution in [1.82, 2.24) is 4.98 Å². The summed E-state index contributed by atoms with van der Waals surface area (Å²) in [7, 11) is 0. The van der Waals surface area contributed by atoms with Crippen molar-refractivity contribution < 1.29 is 4.79 Å². The maximum absolute atomic E-state index is 12.4. The number of amides is 1. The number of benzene rings is 1. The Balaban J connectivity index is 1.71. The van der Waals surface area contributed by atoms with Gasteiger partial charge in [-0.05, 0) is 48.9 Å². The molecule has 8 heteroatoms. The minimum Gasteiger partial charge on any atom is -0.297 e. The second-order valence-corrected chi connectivity index (χ2v) is 8.89. The normalized spacial score (nSPS) is 11.3. The fourth-order valence-corrected chi connectivity index (χ4v) is 4.33. The number of nitrogens with zero attached hydrogens (tertiary/aromatic N) is 2. The van der Waals surface area contributed by atoms with Gasteiger partial charge in [0.25, 0.3) is 5.91 Å². The van der Waals surface area contributed by atoms with Crippen LogP contribution in [0.15, 0.2) is 42.1 Å². The largest absolute Gasteiger partial charge is 0.297 e. The average Bonchev–Trinajstić information content (AvgIpc) is 3.24. The summed E-state index contributed by atoms with van der Waals surface area (Å²) in [4.78, 5) is 19.5. The van der Waals surface area contributed by atoms with Crippen molar-refractivity contribution in [3.05, 3.63) is 72.3 Å². The zero-order valence-electron chi connectivity index (χ0n) is 14.1. The lowest BCUT2D eigenvalue weighted by atomic mass is 10.1. The van der Waals surface area contributed by atoms with Crippen molar-refractivity contribution in [1.29, 1.82) is 5.26 Å². The van der Waals surface area contributed by atoms with Crippen LogP contribution in [0.25, 0.3) is 6.08 Å². The smallest absolute Gasteiger partial charge is 0.268 e. The van der Waals surface area contributed by atoms with Gasteiger partial charge in [-0.15, -0.1) is 22.7 Å². The Labute approximate surface area is 174 Å². The van der Waals surface area contributed by atoms with Gasteiger partial charge in [-0.2, -0.15) is 5.26 Å². The Hall–Kier alpha value is -2.17. The van der Waals surface area contributed by atoms with E-state index in [1.165, 1.54) is 22.7 Å². The van der Waals surface area contributed by atoms with E-state index in [0.717, 1.165) is 20.2 Å². The molecule has 136 valence electrons. The highest BCUT2D eigenvalue weighted by molar-refractivity contribution is 7.15. The van der Waals surface area contributed by atoms with Crippen molar-refractivity contribution in [2.75, 3.05) is 5.32 Å². The number of halogens is 2. The predicted octanol–water partition coefficient (Wildman–Crippen LogP) is 5.96. The van der Waals surface area contributed by atoms with E-state index in [1.807, 2.05) is 25.1 Å². The summed E-state index contributed by atoms with van der Waals surface area (Å²) < 4.78 is 0. The first-order valence-corrected chi connectivity index (χ1v) is 10.2. The Kier molecular flexibility index (Phi) is 6.30. The number of aryl methyl sites for hydroxylation is 1. The molecule has 0 saturated heterocycles. The van der Waals surface area contributed by atoms with Gasteiger partial charge in [0.15, 0.2) is 5.13 Å². The third kappa shape index (κ3) is 5.18. The van der Waals surface area contributed by atoms with Crippen LogP contribution in [0.2, 0.25) is 10.0 Å². The number of thiophene rings is 1. The molecule has 27 heavy (non-hydrogen) atoms. The van der Waals surface area contributed by atoms with E-state index in [0.29, 0.717) is 21.6 Å². The van der Waals surface area contributed by atoms with E-state index >= 15 is 0 Å². The molecule has 4 nitrogen and oxygen atoms in total. The van der Waals surface area contributed by atoms with Crippen LogP contribution >= 0.6 is 45.9 Å². The van der Waals surface area contributed by atoms with Crippen molar-refractivity contribution in [3.8, 4) is 6.07 Å². The van der Waals surface area contributed by atoms with Gasteiger partial charge in [0.1, 0.15) is 11.6 Å². The lowest BCUT2D eigenvalue weighted by Gasteiger charge is -2.02. The fraction of sp³-hybridized carbons (Fsp3) is 0.105. The van der Waals surface area contributed by atoms with Crippen LogP contribution in [0.5, 0.6) is 0 Å². The molecule has 1 aromatic carbocycles. The lowest BCUT2D eigenvalue weighted by molar-refractivity contribution is -0.112. The van der Waals surface area contributed by atoms with E-state index < -0.39 is 5.91 Å². The fourth-order valence-electron chi connectivity index (χ4n) is 2.30. The number of thiazole rings is 1. The summed E-state index contributed by atoms with van der Waals surface area (Å²) in [5.41, 5.74) is 0.919. The predicted molar refractivity (Wildman–Crippen MR) is 113 cm³/mol. The van der Waals surface area contributed by atoms with E-state index in [2.05, 4.69) is 10.3 Å². The molecule has 0 bridgehead atoms. The van der Waals surface area contributed by atoms with E-state index in [9.17, 15) is 10.1 Å². The summed E-state index contributed by atoms with van der Waals surface area (Å²) >= 11 is 15.1. The molecular formula is C19H13Cl2N3OS2. The van der Waals surface area contributed by atoms with Crippen LogP contribution in [0.3, 0.4) is 0 Å². The van der Waals surface area contributed by atoms with Gasteiger partial charge in [-0.1, -0.05) is 23.2 Å². The minimum absolute atomic E-state index is 0.0338. The van der Waals surface area contributed by atoms with Crippen molar-refractivity contribution >= 4 is 63.0 Å². The van der Waals surface area contributed by atoms with E-state index in [1.54, 1.807) is 30.5 Å². The van der Waals surface area contributed by atoms with Crippen LogP contribution in [-0.4, -0.2) is 10.9 Å². The maximum Gasteiger partial charge on any atom is 0.268 e. The number of hydrogen-bond acceptors (Lipinski definition) is 5. The number of carbonyl (C=O) groups excluding carboxylic acids is 1. The van der Waals surface area contributed by atoms with Gasteiger partial charge in [0.05, 0.1) is 0 Å². The van der Waals surface area contributed by atoms with Crippen LogP contribution in [-0.2, 0) is 11.2 Å². The molecule has 1 N–H and O–H groups in total. The SMILES string of the molecule is Cc1ccc(/C=C(/C#N)C(=O)Nc2ncc(Cc3cc(Cl)ccc3Cl)s2)s1. The highest BCUT2D eigenvalue weighted by Gasteiger charge is 2.13. The number of aromatic nitrogens is 1. The molecular weight excluding hydrogens is 421 g/mol. The summed E-state index contributed by atoms with van der Waals surface area (Å²) in [6, 6.07) is 11.0. The third-order valence-corrected chi connectivity index (χ3v) is 6.02. The van der Waals surface area contributed by atoms with Gasteiger partial charge in [0, 0.05) is 37.3 Å². The Bertz CT molecular complexity index is 1060. The second-order valence-electron chi connectivity index (χ2n) is 5.62. The number of nitrogens with one attached hydrogen (secondary N) is 1. The lowest BCUT2D eigenvalue weighted by Crippen LogP contribution is -2.13. The summed E-state index contributed by atoms with van der Waals surface area (Å²) in [6.45, 7) is 1.97. The molecule has 0 aliphatic rings. The number of anilines is 1. The van der Waals surface area contributed by atoms with Gasteiger partial charge < -0.3 is 0 Å². The number of hydrogen-bond donors (Lipinski definition) is 1. The summed E-state index contributed by atoms with van der Waals surface area (Å²) in [5, 5.41) is 13.6. The van der Waals surface area contributed by atoms with E-state index in [-0.39, 0.29) is 5.57 Å². The zero-order chi connectivity index (χ0) is 19.4. The molecule has 2 heterocycles. The first-order chi connectivity index (χ1) is 12.9. The molecule has 3 rings (SSSR count). The topological polar surface area (TPSA) is 65.8 Å². The van der Waals surface area contributed by atoms with Gasteiger partial charge in [0.2, 0.25) is 0 Å². The van der Waals surface area contributed by atoms with Crippen LogP contribution in [0.4, 0.5) is 5.13 Å². The molecule has 0 radical (unpaired) electrons. The van der Waals surface area contributed by atoms with Crippen molar-refractivity contribution in [2.24, 2.45) is 0 Å². The maximum atomic E-state index is 12.4. The molecule has 3 aromatic rings. The Morgan fingerprint density at radius 2 is 2.11 bits per heavy atom. The molecule has 0 saturated carbocycles. The van der Waals surface area contributed by atoms with Gasteiger partial charge in [-0.25, -0.2) is 4.98 Å². The first kappa shape index (κ1) is 19.6. The monoisotopic (exact) mass is 433 g/mol. The second kappa shape index (κ2) is 8.68. The standard InChI is InChI=1S/C19H13Cl2N3OS2/c1-11-2-4-15(26-11)8-13(9-22)18(25)24-19-23-10-16(27-19)7-12-6-14(20)3-5-17(12)21/h2-6,8,10H,7H2,1H3,(H,23,24,25)/b13-8-. The molecule has 2 aromatic heterocycles. The zero-order valence-corrected chi connectivity index (χ0v) is 17.3. The Morgan fingerprint density at radius 1 is 1.30 bits per heavy atom. The summed E-state index contributed by atoms with van der Waals surface area (Å²) in [5.74, 6) is -0.481. The van der Waals surface area contributed by atoms with Gasteiger partial charge >= 0.3 is 0 Å². The minimum atomic E-state index is -0.481. The number of rotatable bonds is 5. The average molecular weight is 434 g/mol. The molecule has 1 amide bonds. The van der Waals surface area contributed by atoms with Crippen molar-refractivity contribution in [2.45, 2.75) is 13.3 Å². The quantitative estimate of drug-likeness (QED) is 0.398. The number of nitriles is 1. The third-order valence-electron chi connectivity index (χ3n) is 3.56.